The van der Waals surface area contributed by atoms with Crippen LogP contribution >= 0.6 is 23.2 Å². The number of likely N-dealkylation sites (tertiary alicyclic amines) is 1. The number of nitrogens with zero attached hydrogens (tertiary/aromatic N) is 2. The smallest absolute Gasteiger partial charge is 0.253 e. The first-order chi connectivity index (χ1) is 19.4. The van der Waals surface area contributed by atoms with Crippen LogP contribution in [0.5, 0.6) is 11.5 Å². The number of rotatable bonds is 4. The fourth-order valence-corrected chi connectivity index (χ4v) is 8.16. The number of hydrogen-bond donors (Lipinski definition) is 1. The maximum absolute atomic E-state index is 14.0. The molecule has 1 N–H and O–H groups in total. The van der Waals surface area contributed by atoms with Gasteiger partial charge in [0.1, 0.15) is 11.5 Å². The van der Waals surface area contributed by atoms with Crippen molar-refractivity contribution in [2.75, 3.05) is 19.1 Å². The summed E-state index contributed by atoms with van der Waals surface area (Å²) in [5.74, 6) is -5.94. The minimum absolute atomic E-state index is 0.149. The number of benzene rings is 2. The van der Waals surface area contributed by atoms with Gasteiger partial charge in [-0.1, -0.05) is 17.7 Å². The van der Waals surface area contributed by atoms with E-state index in [2.05, 4.69) is 0 Å². The Morgan fingerprint density at radius 1 is 1.00 bits per heavy atom. The lowest BCUT2D eigenvalue weighted by Crippen LogP contribution is -2.60. The van der Waals surface area contributed by atoms with Gasteiger partial charge in [-0.25, -0.2) is 0 Å². The minimum atomic E-state index is -2.03. The Balaban J connectivity index is 1.51. The van der Waals surface area contributed by atoms with E-state index < -0.39 is 57.0 Å². The molecule has 4 aliphatic rings. The highest BCUT2D eigenvalue weighted by molar-refractivity contribution is 6.53. The fraction of sp³-hybridized carbons (Fsp3) is 0.367. The van der Waals surface area contributed by atoms with Crippen molar-refractivity contribution in [3.05, 3.63) is 65.2 Å². The maximum atomic E-state index is 14.0. The lowest BCUT2D eigenvalue weighted by atomic mass is 9.56. The van der Waals surface area contributed by atoms with Crippen LogP contribution < -0.4 is 9.64 Å². The number of anilines is 1. The molecule has 0 aromatic heterocycles. The number of alkyl halides is 2. The highest BCUT2D eigenvalue weighted by Crippen LogP contribution is 2.66. The van der Waals surface area contributed by atoms with Gasteiger partial charge in [-0.05, 0) is 62.1 Å². The Bertz CT molecular complexity index is 1590. The molecule has 6 atom stereocenters. The molecule has 11 heteroatoms. The molecule has 0 radical (unpaired) electrons. The van der Waals surface area contributed by atoms with Gasteiger partial charge in [0.05, 0.1) is 24.6 Å². The van der Waals surface area contributed by atoms with Crippen molar-refractivity contribution in [1.82, 2.24) is 4.90 Å². The third-order valence-corrected chi connectivity index (χ3v) is 10.5. The number of amides is 4. The number of phenolic OH excluding ortho intramolecular Hbond substituents is 1. The van der Waals surface area contributed by atoms with E-state index in [1.54, 1.807) is 42.5 Å². The molecule has 2 aromatic rings. The minimum Gasteiger partial charge on any atom is -0.508 e. The first kappa shape index (κ1) is 27.5. The van der Waals surface area contributed by atoms with E-state index in [1.165, 1.54) is 27.1 Å². The predicted octanol–water partition coefficient (Wildman–Crippen LogP) is 3.80. The van der Waals surface area contributed by atoms with Crippen LogP contribution in [0.1, 0.15) is 41.6 Å². The average Bonchev–Trinajstić information content (AvgIpc) is 3.28. The second kappa shape index (κ2) is 9.16. The molecule has 41 heavy (non-hydrogen) atoms. The topological polar surface area (TPSA) is 121 Å². The number of Topliss-reactive ketones (excluding diaryl/α,β-unsaturated/α-hetero) is 1. The zero-order valence-electron chi connectivity index (χ0n) is 22.4. The van der Waals surface area contributed by atoms with Gasteiger partial charge < -0.3 is 9.84 Å². The number of carbonyl (C=O) groups excluding carboxylic acids is 5. The van der Waals surface area contributed by atoms with E-state index in [4.69, 9.17) is 27.9 Å². The number of fused-ring (bicyclic) bond motifs is 4. The molecule has 4 amide bonds. The van der Waals surface area contributed by atoms with E-state index in [1.807, 2.05) is 0 Å². The molecule has 9 nitrogen and oxygen atoms in total. The number of halogens is 2. The highest BCUT2D eigenvalue weighted by Gasteiger charge is 2.76. The van der Waals surface area contributed by atoms with Crippen LogP contribution in [0.25, 0.3) is 0 Å². The van der Waals surface area contributed by atoms with E-state index >= 15 is 0 Å². The van der Waals surface area contributed by atoms with Gasteiger partial charge in [0.2, 0.25) is 11.8 Å². The number of phenols is 1. The van der Waals surface area contributed by atoms with Gasteiger partial charge in [-0.15, -0.1) is 23.2 Å². The summed E-state index contributed by atoms with van der Waals surface area (Å²) in [6.07, 6.45) is 1.80. The predicted molar refractivity (Wildman–Crippen MR) is 149 cm³/mol. The largest absolute Gasteiger partial charge is 0.508 e. The number of ketones is 1. The van der Waals surface area contributed by atoms with E-state index in [-0.39, 0.29) is 35.7 Å². The van der Waals surface area contributed by atoms with Gasteiger partial charge in [0, 0.05) is 24.1 Å². The SMILES string of the molecule is COc1cccc(O)c1[C@H]1C2=CC[C@@H]3C(=O)N(c4ccc(C(C)=O)cc4)C(=O)[C@@H]3[C@@H]2C[C@@]2(Cl)C(=O)N(C)C(=O)[C@@]12Cl. The summed E-state index contributed by atoms with van der Waals surface area (Å²) in [6, 6.07) is 10.8. The molecule has 1 saturated carbocycles. The van der Waals surface area contributed by atoms with Gasteiger partial charge in [0.15, 0.2) is 15.5 Å². The normalized spacial score (nSPS) is 32.5. The number of ether oxygens (including phenoxy) is 1. The Labute approximate surface area is 245 Å². The Hall–Kier alpha value is -3.69. The molecule has 2 aliphatic heterocycles. The lowest BCUT2D eigenvalue weighted by molar-refractivity contribution is -0.138. The number of methoxy groups -OCH3 is 1. The Morgan fingerprint density at radius 3 is 2.32 bits per heavy atom. The fourth-order valence-electron chi connectivity index (χ4n) is 7.16. The van der Waals surface area contributed by atoms with Gasteiger partial charge in [-0.2, -0.15) is 0 Å². The van der Waals surface area contributed by atoms with Crippen molar-refractivity contribution < 1.29 is 33.8 Å². The first-order valence-corrected chi connectivity index (χ1v) is 13.9. The summed E-state index contributed by atoms with van der Waals surface area (Å²) in [4.78, 5) is 64.7. The van der Waals surface area contributed by atoms with E-state index in [0.29, 0.717) is 16.8 Å². The standard InChI is InChI=1S/C30H26Cl2N2O7/c1-14(35)15-7-9-16(10-8-15)34-25(37)18-12-11-17-19(22(18)26(34)38)13-29(31)27(39)33(2)28(40)30(29,32)24(17)23-20(36)5-4-6-21(23)41-3/h4-11,18-19,22,24,36H,12-13H2,1-3H3/t18-,19+,22-,24+,29+,30-/m0/s1. The van der Waals surface area contributed by atoms with Gasteiger partial charge in [0.25, 0.3) is 11.8 Å². The Kier molecular flexibility index (Phi) is 6.14. The van der Waals surface area contributed by atoms with E-state index in [0.717, 1.165) is 9.80 Å². The van der Waals surface area contributed by atoms with Crippen LogP contribution in [0.15, 0.2) is 54.1 Å². The van der Waals surface area contributed by atoms with Crippen LogP contribution in [0.3, 0.4) is 0 Å². The van der Waals surface area contributed by atoms with Crippen molar-refractivity contribution >= 4 is 58.3 Å². The van der Waals surface area contributed by atoms with Crippen LogP contribution in [-0.4, -0.2) is 63.3 Å². The third kappa shape index (κ3) is 3.45. The molecular weight excluding hydrogens is 571 g/mol. The molecule has 2 aromatic carbocycles. The molecule has 2 saturated heterocycles. The zero-order valence-corrected chi connectivity index (χ0v) is 23.9. The maximum Gasteiger partial charge on any atom is 0.253 e. The number of aromatic hydroxyl groups is 1. The molecule has 0 spiro atoms. The summed E-state index contributed by atoms with van der Waals surface area (Å²) in [5.41, 5.74) is 1.49. The monoisotopic (exact) mass is 596 g/mol. The quantitative estimate of drug-likeness (QED) is 0.246. The molecule has 0 unspecified atom stereocenters. The average molecular weight is 597 g/mol. The molecular formula is C30H26Cl2N2O7. The summed E-state index contributed by atoms with van der Waals surface area (Å²) in [6.45, 7) is 1.42. The van der Waals surface area contributed by atoms with Crippen LogP contribution in [0.4, 0.5) is 5.69 Å². The zero-order chi connectivity index (χ0) is 29.6. The van der Waals surface area contributed by atoms with Gasteiger partial charge >= 0.3 is 0 Å². The molecule has 0 bridgehead atoms. The summed E-state index contributed by atoms with van der Waals surface area (Å²) < 4.78 is 5.55. The number of carbonyl (C=O) groups is 5. The summed E-state index contributed by atoms with van der Waals surface area (Å²) in [5, 5.41) is 11.1. The number of allylic oxidation sites excluding steroid dienone is 2. The Morgan fingerprint density at radius 2 is 1.68 bits per heavy atom. The molecule has 212 valence electrons. The highest BCUT2D eigenvalue weighted by atomic mass is 35.5. The number of imide groups is 2. The van der Waals surface area contributed by atoms with Crippen molar-refractivity contribution in [2.24, 2.45) is 17.8 Å². The van der Waals surface area contributed by atoms with Crippen molar-refractivity contribution in [1.29, 1.82) is 0 Å². The van der Waals surface area contributed by atoms with Crippen LogP contribution in [0.2, 0.25) is 0 Å². The van der Waals surface area contributed by atoms with Crippen molar-refractivity contribution in [2.45, 2.75) is 35.4 Å². The van der Waals surface area contributed by atoms with Crippen LogP contribution in [-0.2, 0) is 19.2 Å². The first-order valence-electron chi connectivity index (χ1n) is 13.1. The third-order valence-electron chi connectivity index (χ3n) is 9.10. The van der Waals surface area contributed by atoms with Crippen molar-refractivity contribution in [3.8, 4) is 11.5 Å². The van der Waals surface area contributed by atoms with Crippen molar-refractivity contribution in [3.63, 3.8) is 0 Å². The number of hydrogen-bond acceptors (Lipinski definition) is 7. The second-order valence-electron chi connectivity index (χ2n) is 11.0. The second-order valence-corrected chi connectivity index (χ2v) is 12.2. The van der Waals surface area contributed by atoms with Gasteiger partial charge in [-0.3, -0.25) is 33.8 Å². The lowest BCUT2D eigenvalue weighted by Gasteiger charge is -2.50. The molecule has 2 heterocycles. The summed E-state index contributed by atoms with van der Waals surface area (Å²) in [7, 11) is 2.70. The van der Waals surface area contributed by atoms with E-state index in [9.17, 15) is 29.1 Å². The molecule has 2 aliphatic carbocycles. The molecule has 3 fully saturated rings. The van der Waals surface area contributed by atoms with Crippen LogP contribution in [0, 0.1) is 17.8 Å². The molecule has 6 rings (SSSR count). The summed E-state index contributed by atoms with van der Waals surface area (Å²) >= 11 is 14.3.